The van der Waals surface area contributed by atoms with Crippen LogP contribution in [0.15, 0.2) is 24.3 Å². The standard InChI is InChI=1S/C67H131N2O7P/c1-7-10-13-16-19-22-25-28-30-31-32-33-34-35-36-37-38-39-40-42-45-48-51-54-57-60-67(71)76-65(58-55-52-49-46-43-27-24-21-18-15-12-9-3)64(63-75-77(72,73)74-62-61-69(4,5)6)68-66(70)59-56-53-50-47-44-41-29-26-23-20-17-14-11-8-2/h28,30,55,58,64-65H,7-27,29,31-54,56-57,59-63H2,1-6H3,(H-,68,70,72,73)/b30-28+,58-55-. The number of allylic oxidation sites excluding steroid dienone is 3. The lowest BCUT2D eigenvalue weighted by Gasteiger charge is -2.30. The van der Waals surface area contributed by atoms with E-state index in [0.29, 0.717) is 17.4 Å². The zero-order chi connectivity index (χ0) is 56.4. The van der Waals surface area contributed by atoms with Gasteiger partial charge in [0.25, 0.3) is 7.82 Å². The minimum absolute atomic E-state index is 0.0180. The number of phosphoric acid groups is 1. The molecule has 0 heterocycles. The molecule has 456 valence electrons. The molecule has 0 saturated carbocycles. The number of phosphoric ester groups is 1. The van der Waals surface area contributed by atoms with Crippen LogP contribution in [0.1, 0.15) is 342 Å². The maximum atomic E-state index is 13.5. The summed E-state index contributed by atoms with van der Waals surface area (Å²) >= 11 is 0. The van der Waals surface area contributed by atoms with E-state index in [-0.39, 0.29) is 31.5 Å². The lowest BCUT2D eigenvalue weighted by Crippen LogP contribution is -2.47. The van der Waals surface area contributed by atoms with Crippen molar-refractivity contribution in [2.45, 2.75) is 354 Å². The third-order valence-electron chi connectivity index (χ3n) is 15.4. The first kappa shape index (κ1) is 75.5. The average molecular weight is 1110 g/mol. The number of hydrogen-bond acceptors (Lipinski definition) is 7. The van der Waals surface area contributed by atoms with Gasteiger partial charge in [-0.15, -0.1) is 0 Å². The summed E-state index contributed by atoms with van der Waals surface area (Å²) in [5.74, 6) is -0.521. The van der Waals surface area contributed by atoms with Gasteiger partial charge in [0.05, 0.1) is 33.8 Å². The number of nitrogens with zero attached hydrogens (tertiary/aromatic N) is 1. The Hall–Kier alpha value is -1.51. The van der Waals surface area contributed by atoms with Crippen LogP contribution >= 0.6 is 7.82 Å². The lowest BCUT2D eigenvalue weighted by atomic mass is 10.0. The zero-order valence-corrected chi connectivity index (χ0v) is 53.1. The van der Waals surface area contributed by atoms with Gasteiger partial charge in [0, 0.05) is 12.8 Å². The Morgan fingerprint density at radius 2 is 0.753 bits per heavy atom. The molecule has 0 aliphatic carbocycles. The first-order valence-corrected chi connectivity index (χ1v) is 35.1. The molecule has 3 unspecified atom stereocenters. The van der Waals surface area contributed by atoms with E-state index >= 15 is 0 Å². The molecule has 10 heteroatoms. The first-order valence-electron chi connectivity index (χ1n) is 33.6. The van der Waals surface area contributed by atoms with Crippen molar-refractivity contribution in [2.75, 3.05) is 40.9 Å². The molecule has 0 saturated heterocycles. The van der Waals surface area contributed by atoms with Gasteiger partial charge in [-0.05, 0) is 57.4 Å². The second-order valence-corrected chi connectivity index (χ2v) is 25.7. The number of hydrogen-bond donors (Lipinski definition) is 1. The van der Waals surface area contributed by atoms with Crippen LogP contribution in [0.2, 0.25) is 0 Å². The fourth-order valence-electron chi connectivity index (χ4n) is 10.2. The first-order chi connectivity index (χ1) is 37.4. The van der Waals surface area contributed by atoms with Crippen LogP contribution in [0.3, 0.4) is 0 Å². The van der Waals surface area contributed by atoms with Crippen molar-refractivity contribution in [3.8, 4) is 0 Å². The SMILES string of the molecule is CCCCCCCC/C=C/CCCCCCCCCCCCCCCCCC(=O)OC(/C=C\CCCCCCCCCCCC)C(COP(=O)([O-])OCC[N+](C)(C)C)NC(=O)CCCCCCCCCCCCCCCC. The third-order valence-corrected chi connectivity index (χ3v) is 16.3. The predicted molar refractivity (Wildman–Crippen MR) is 330 cm³/mol. The number of nitrogens with one attached hydrogen (secondary N) is 1. The Kier molecular flexibility index (Phi) is 56.6. The molecule has 1 amide bonds. The Balaban J connectivity index is 5.03. The summed E-state index contributed by atoms with van der Waals surface area (Å²) in [6.07, 6.45) is 68.7. The number of ether oxygens (including phenoxy) is 1. The van der Waals surface area contributed by atoms with Crippen LogP contribution in [-0.2, 0) is 27.9 Å². The number of quaternary nitrogens is 1. The number of carbonyl (C=O) groups is 2. The van der Waals surface area contributed by atoms with E-state index in [2.05, 4.69) is 38.2 Å². The van der Waals surface area contributed by atoms with Crippen LogP contribution in [0.25, 0.3) is 0 Å². The molecular formula is C67H131N2O7P. The summed E-state index contributed by atoms with van der Waals surface area (Å²) in [6, 6.07) is -0.881. The molecule has 1 N–H and O–H groups in total. The molecule has 0 aliphatic heterocycles. The predicted octanol–water partition coefficient (Wildman–Crippen LogP) is 20.3. The van der Waals surface area contributed by atoms with Gasteiger partial charge in [-0.1, -0.05) is 296 Å². The van der Waals surface area contributed by atoms with Gasteiger partial charge < -0.3 is 28.5 Å². The lowest BCUT2D eigenvalue weighted by molar-refractivity contribution is -0.870. The molecule has 3 atom stereocenters. The summed E-state index contributed by atoms with van der Waals surface area (Å²) < 4.78 is 30.4. The molecule has 77 heavy (non-hydrogen) atoms. The molecule has 9 nitrogen and oxygen atoms in total. The molecular weight excluding hydrogens is 976 g/mol. The monoisotopic (exact) mass is 1110 g/mol. The fourth-order valence-corrected chi connectivity index (χ4v) is 10.9. The van der Waals surface area contributed by atoms with Crippen LogP contribution in [-0.4, -0.2) is 69.4 Å². The number of likely N-dealkylation sites (N-methyl/N-ethyl adjacent to an activating group) is 1. The van der Waals surface area contributed by atoms with E-state index in [1.54, 1.807) is 0 Å². The van der Waals surface area contributed by atoms with Crippen molar-refractivity contribution in [1.29, 1.82) is 0 Å². The van der Waals surface area contributed by atoms with Crippen molar-refractivity contribution in [1.82, 2.24) is 5.32 Å². The smallest absolute Gasteiger partial charge is 0.306 e. The molecule has 0 aliphatic rings. The minimum atomic E-state index is -4.69. The molecule has 0 radical (unpaired) electrons. The molecule has 0 bridgehead atoms. The molecule has 0 spiro atoms. The van der Waals surface area contributed by atoms with Crippen LogP contribution in [0.4, 0.5) is 0 Å². The van der Waals surface area contributed by atoms with Gasteiger partial charge in [0.1, 0.15) is 19.3 Å². The maximum Gasteiger partial charge on any atom is 0.306 e. The Bertz CT molecular complexity index is 1370. The summed E-state index contributed by atoms with van der Waals surface area (Å²) in [6.45, 7) is 6.89. The Labute approximate surface area is 479 Å². The van der Waals surface area contributed by atoms with Crippen molar-refractivity contribution >= 4 is 19.7 Å². The number of carbonyl (C=O) groups excluding carboxylic acids is 2. The number of amides is 1. The number of esters is 1. The van der Waals surface area contributed by atoms with E-state index < -0.39 is 20.0 Å². The van der Waals surface area contributed by atoms with Gasteiger partial charge in [0.15, 0.2) is 0 Å². The molecule has 0 aromatic rings. The topological polar surface area (TPSA) is 114 Å². The number of unbranched alkanes of at least 4 members (excludes halogenated alkanes) is 44. The van der Waals surface area contributed by atoms with E-state index in [1.807, 2.05) is 33.3 Å². The highest BCUT2D eigenvalue weighted by Crippen LogP contribution is 2.38. The van der Waals surface area contributed by atoms with Crippen LogP contribution in [0.5, 0.6) is 0 Å². The van der Waals surface area contributed by atoms with E-state index in [4.69, 9.17) is 13.8 Å². The summed E-state index contributed by atoms with van der Waals surface area (Å²) in [7, 11) is 1.20. The zero-order valence-electron chi connectivity index (χ0n) is 52.2. The van der Waals surface area contributed by atoms with Gasteiger partial charge in [-0.3, -0.25) is 14.2 Å². The molecule has 0 aromatic heterocycles. The van der Waals surface area contributed by atoms with Gasteiger partial charge in [0.2, 0.25) is 5.91 Å². The van der Waals surface area contributed by atoms with Gasteiger partial charge in [-0.2, -0.15) is 0 Å². The molecule has 0 aromatic carbocycles. The van der Waals surface area contributed by atoms with Crippen molar-refractivity contribution in [2.24, 2.45) is 0 Å². The van der Waals surface area contributed by atoms with Gasteiger partial charge in [-0.25, -0.2) is 0 Å². The maximum absolute atomic E-state index is 13.5. The Morgan fingerprint density at radius 1 is 0.442 bits per heavy atom. The van der Waals surface area contributed by atoms with Crippen molar-refractivity contribution in [3.05, 3.63) is 24.3 Å². The van der Waals surface area contributed by atoms with Crippen molar-refractivity contribution in [3.63, 3.8) is 0 Å². The third kappa shape index (κ3) is 58.9. The average Bonchev–Trinajstić information content (AvgIpc) is 3.39. The van der Waals surface area contributed by atoms with E-state index in [0.717, 1.165) is 57.8 Å². The van der Waals surface area contributed by atoms with Crippen LogP contribution in [0, 0.1) is 0 Å². The van der Waals surface area contributed by atoms with E-state index in [1.165, 1.54) is 250 Å². The molecule has 0 rings (SSSR count). The fraction of sp³-hybridized carbons (Fsp3) is 0.910. The quantitative estimate of drug-likeness (QED) is 0.0212. The highest BCUT2D eigenvalue weighted by molar-refractivity contribution is 7.45. The highest BCUT2D eigenvalue weighted by atomic mass is 31.2. The highest BCUT2D eigenvalue weighted by Gasteiger charge is 2.27. The summed E-state index contributed by atoms with van der Waals surface area (Å²) in [5, 5.41) is 3.04. The van der Waals surface area contributed by atoms with Gasteiger partial charge >= 0.3 is 5.97 Å². The van der Waals surface area contributed by atoms with Crippen molar-refractivity contribution < 1.29 is 37.3 Å². The number of rotatable bonds is 62. The summed E-state index contributed by atoms with van der Waals surface area (Å²) in [5.41, 5.74) is 0. The second-order valence-electron chi connectivity index (χ2n) is 24.3. The van der Waals surface area contributed by atoms with E-state index in [9.17, 15) is 19.0 Å². The normalized spacial score (nSPS) is 13.7. The second kappa shape index (κ2) is 57.7. The summed E-state index contributed by atoms with van der Waals surface area (Å²) in [4.78, 5) is 40.0. The molecule has 0 fully saturated rings. The largest absolute Gasteiger partial charge is 0.756 e. The minimum Gasteiger partial charge on any atom is -0.756 e. The Morgan fingerprint density at radius 3 is 1.10 bits per heavy atom. The van der Waals surface area contributed by atoms with Crippen LogP contribution < -0.4 is 10.2 Å².